The molecule has 1 aromatic heterocycles. The number of rotatable bonds is 8. The second-order valence-corrected chi connectivity index (χ2v) is 6.60. The highest BCUT2D eigenvalue weighted by molar-refractivity contribution is 7.99. The van der Waals surface area contributed by atoms with Gasteiger partial charge >= 0.3 is 0 Å². The van der Waals surface area contributed by atoms with Crippen LogP contribution in [0.15, 0.2) is 53.5 Å². The Balaban J connectivity index is 1.84. The number of hydrogen-bond donors (Lipinski definition) is 1. The van der Waals surface area contributed by atoms with E-state index in [1.54, 1.807) is 34.7 Å². The van der Waals surface area contributed by atoms with Crippen molar-refractivity contribution in [2.24, 2.45) is 0 Å². The molecule has 2 rings (SSSR count). The Hall–Kier alpha value is -2.01. The number of carbonyl (C=O) groups is 1. The molecular weight excluding hydrogens is 308 g/mol. The molecule has 0 fully saturated rings. The summed E-state index contributed by atoms with van der Waals surface area (Å²) in [7, 11) is 0. The van der Waals surface area contributed by atoms with Crippen LogP contribution in [0.25, 0.3) is 0 Å². The van der Waals surface area contributed by atoms with E-state index >= 15 is 0 Å². The van der Waals surface area contributed by atoms with Crippen LogP contribution >= 0.6 is 11.8 Å². The van der Waals surface area contributed by atoms with Gasteiger partial charge in [0.2, 0.25) is 5.91 Å². The van der Waals surface area contributed by atoms with Crippen molar-refractivity contribution < 1.29 is 4.79 Å². The van der Waals surface area contributed by atoms with E-state index in [1.165, 1.54) is 0 Å². The summed E-state index contributed by atoms with van der Waals surface area (Å²) in [5, 5.41) is 2.93. The first-order chi connectivity index (χ1) is 11.2. The smallest absolute Gasteiger partial charge is 0.250 e. The quantitative estimate of drug-likeness (QED) is 0.757. The number of aromatic nitrogens is 1. The molecule has 0 radical (unpaired) electrons. The monoisotopic (exact) mass is 330 g/mol. The van der Waals surface area contributed by atoms with E-state index < -0.39 is 0 Å². The van der Waals surface area contributed by atoms with Crippen LogP contribution in [0.4, 0.5) is 0 Å². The predicted molar refractivity (Wildman–Crippen MR) is 95.7 cm³/mol. The standard InChI is InChI=1S/C18H22N2O2S/c1-2-23-12-10-17(21)19-13-15-6-8-16(9-7-15)14-20-11-4-3-5-18(20)22/h3-9,11H,2,10,12-14H2,1H3,(H,19,21). The molecule has 0 aliphatic heterocycles. The van der Waals surface area contributed by atoms with Crippen LogP contribution in [0.3, 0.4) is 0 Å². The molecule has 4 nitrogen and oxygen atoms in total. The third-order valence-electron chi connectivity index (χ3n) is 3.44. The molecule has 1 amide bonds. The highest BCUT2D eigenvalue weighted by Crippen LogP contribution is 2.06. The van der Waals surface area contributed by atoms with Gasteiger partial charge in [0.15, 0.2) is 0 Å². The zero-order valence-corrected chi connectivity index (χ0v) is 14.1. The van der Waals surface area contributed by atoms with Crippen molar-refractivity contribution in [3.05, 3.63) is 70.1 Å². The third kappa shape index (κ3) is 5.94. The van der Waals surface area contributed by atoms with Crippen molar-refractivity contribution in [2.45, 2.75) is 26.4 Å². The lowest BCUT2D eigenvalue weighted by molar-refractivity contribution is -0.120. The van der Waals surface area contributed by atoms with Crippen LogP contribution in [-0.4, -0.2) is 22.0 Å². The predicted octanol–water partition coefficient (Wildman–Crippen LogP) is 2.66. The van der Waals surface area contributed by atoms with Crippen molar-refractivity contribution in [3.8, 4) is 0 Å². The maximum absolute atomic E-state index is 11.7. The van der Waals surface area contributed by atoms with Gasteiger partial charge in [-0.2, -0.15) is 11.8 Å². The van der Waals surface area contributed by atoms with Gasteiger partial charge in [-0.1, -0.05) is 37.3 Å². The van der Waals surface area contributed by atoms with Crippen LogP contribution in [0.1, 0.15) is 24.5 Å². The fraction of sp³-hybridized carbons (Fsp3) is 0.333. The van der Waals surface area contributed by atoms with E-state index in [-0.39, 0.29) is 11.5 Å². The first-order valence-corrected chi connectivity index (χ1v) is 8.92. The zero-order chi connectivity index (χ0) is 16.5. The highest BCUT2D eigenvalue weighted by atomic mass is 32.2. The second kappa shape index (κ2) is 9.20. The molecule has 1 aromatic carbocycles. The number of nitrogens with one attached hydrogen (secondary N) is 1. The normalized spacial score (nSPS) is 10.5. The topological polar surface area (TPSA) is 51.1 Å². The average Bonchev–Trinajstić information content (AvgIpc) is 2.56. The van der Waals surface area contributed by atoms with Crippen LogP contribution in [-0.2, 0) is 17.9 Å². The summed E-state index contributed by atoms with van der Waals surface area (Å²) < 4.78 is 1.67. The Labute approximate surface area is 140 Å². The Bertz CT molecular complexity index is 680. The van der Waals surface area contributed by atoms with Gasteiger partial charge in [-0.15, -0.1) is 0 Å². The third-order valence-corrected chi connectivity index (χ3v) is 4.34. The molecule has 0 aliphatic rings. The van der Waals surface area contributed by atoms with Gasteiger partial charge < -0.3 is 9.88 Å². The number of benzene rings is 1. The van der Waals surface area contributed by atoms with Crippen molar-refractivity contribution in [3.63, 3.8) is 0 Å². The van der Waals surface area contributed by atoms with E-state index in [1.807, 2.05) is 30.3 Å². The van der Waals surface area contributed by atoms with E-state index in [9.17, 15) is 9.59 Å². The summed E-state index contributed by atoms with van der Waals surface area (Å²) in [6, 6.07) is 13.1. The summed E-state index contributed by atoms with van der Waals surface area (Å²) in [5.74, 6) is 2.00. The fourth-order valence-corrected chi connectivity index (χ4v) is 2.77. The Morgan fingerprint density at radius 2 is 1.87 bits per heavy atom. The lowest BCUT2D eigenvalue weighted by atomic mass is 10.1. The van der Waals surface area contributed by atoms with Crippen molar-refractivity contribution in [1.29, 1.82) is 0 Å². The van der Waals surface area contributed by atoms with Gasteiger partial charge in [0.05, 0.1) is 6.54 Å². The van der Waals surface area contributed by atoms with Crippen LogP contribution in [0, 0.1) is 0 Å². The molecule has 0 bridgehead atoms. The summed E-state index contributed by atoms with van der Waals surface area (Å²) in [5.41, 5.74) is 2.12. The van der Waals surface area contributed by atoms with Gasteiger partial charge in [-0.3, -0.25) is 9.59 Å². The minimum atomic E-state index is -0.00575. The number of pyridine rings is 1. The Morgan fingerprint density at radius 3 is 2.57 bits per heavy atom. The zero-order valence-electron chi connectivity index (χ0n) is 13.3. The van der Waals surface area contributed by atoms with E-state index in [0.29, 0.717) is 19.5 Å². The first-order valence-electron chi connectivity index (χ1n) is 7.76. The molecule has 0 saturated heterocycles. The maximum atomic E-state index is 11.7. The molecule has 0 spiro atoms. The van der Waals surface area contributed by atoms with Crippen molar-refractivity contribution in [1.82, 2.24) is 9.88 Å². The number of hydrogen-bond acceptors (Lipinski definition) is 3. The first kappa shape index (κ1) is 17.3. The van der Waals surface area contributed by atoms with Crippen LogP contribution in [0.2, 0.25) is 0 Å². The second-order valence-electron chi connectivity index (χ2n) is 5.21. The van der Waals surface area contributed by atoms with E-state index in [2.05, 4.69) is 12.2 Å². The van der Waals surface area contributed by atoms with Gasteiger partial charge in [0.1, 0.15) is 0 Å². The largest absolute Gasteiger partial charge is 0.352 e. The molecule has 0 aliphatic carbocycles. The summed E-state index contributed by atoms with van der Waals surface area (Å²) >= 11 is 1.77. The van der Waals surface area contributed by atoms with Crippen LogP contribution < -0.4 is 10.9 Å². The number of thioether (sulfide) groups is 1. The van der Waals surface area contributed by atoms with Gasteiger partial charge in [-0.05, 0) is 22.9 Å². The molecule has 0 atom stereocenters. The minimum Gasteiger partial charge on any atom is -0.352 e. The Kier molecular flexibility index (Phi) is 6.94. The van der Waals surface area contributed by atoms with Crippen molar-refractivity contribution in [2.75, 3.05) is 11.5 Å². The van der Waals surface area contributed by atoms with Crippen molar-refractivity contribution >= 4 is 17.7 Å². The molecule has 2 aromatic rings. The average molecular weight is 330 g/mol. The van der Waals surface area contributed by atoms with Crippen LogP contribution in [0.5, 0.6) is 0 Å². The molecule has 23 heavy (non-hydrogen) atoms. The lowest BCUT2D eigenvalue weighted by Gasteiger charge is -2.08. The molecule has 0 unspecified atom stereocenters. The number of carbonyl (C=O) groups excluding carboxylic acids is 1. The van der Waals surface area contributed by atoms with Gasteiger partial charge in [0, 0.05) is 31.0 Å². The molecular formula is C18H22N2O2S. The van der Waals surface area contributed by atoms with Gasteiger partial charge in [0.25, 0.3) is 5.56 Å². The molecule has 1 N–H and O–H groups in total. The highest BCUT2D eigenvalue weighted by Gasteiger charge is 2.02. The number of amides is 1. The van der Waals surface area contributed by atoms with E-state index in [0.717, 1.165) is 22.6 Å². The summed E-state index contributed by atoms with van der Waals surface area (Å²) in [6.45, 7) is 3.19. The minimum absolute atomic E-state index is 0.00575. The fourth-order valence-electron chi connectivity index (χ4n) is 2.15. The summed E-state index contributed by atoms with van der Waals surface area (Å²) in [6.07, 6.45) is 2.35. The maximum Gasteiger partial charge on any atom is 0.250 e. The lowest BCUT2D eigenvalue weighted by Crippen LogP contribution is -2.23. The SMILES string of the molecule is CCSCCC(=O)NCc1ccc(Cn2ccccc2=O)cc1. The summed E-state index contributed by atoms with van der Waals surface area (Å²) in [4.78, 5) is 23.4. The molecule has 5 heteroatoms. The number of nitrogens with zero attached hydrogens (tertiary/aromatic N) is 1. The molecule has 0 saturated carbocycles. The van der Waals surface area contributed by atoms with E-state index in [4.69, 9.17) is 0 Å². The molecule has 122 valence electrons. The molecule has 1 heterocycles. The van der Waals surface area contributed by atoms with Gasteiger partial charge in [-0.25, -0.2) is 0 Å². The Morgan fingerprint density at radius 1 is 1.13 bits per heavy atom.